The Balaban J connectivity index is 1.21. The second-order valence-electron chi connectivity index (χ2n) is 10.2. The van der Waals surface area contributed by atoms with Crippen molar-refractivity contribution in [3.8, 4) is 11.6 Å². The first kappa shape index (κ1) is 26.9. The average Bonchev–Trinajstić information content (AvgIpc) is 3.42. The SMILES string of the molecule is CC[C@H]1CN(c2nc(N)c(-c3nnc(N(C)C)o3)nc2Cl)CCN1C1CCN(Cc2ccc(Cl)cc2)CC1. The van der Waals surface area contributed by atoms with Crippen molar-refractivity contribution in [3.63, 3.8) is 0 Å². The number of nitrogens with two attached hydrogens (primary N) is 1. The van der Waals surface area contributed by atoms with Crippen LogP contribution in [-0.4, -0.2) is 88.9 Å². The first-order valence-corrected chi connectivity index (χ1v) is 13.9. The van der Waals surface area contributed by atoms with Crippen LogP contribution in [0.1, 0.15) is 31.7 Å². The van der Waals surface area contributed by atoms with E-state index < -0.39 is 0 Å². The van der Waals surface area contributed by atoms with Crippen LogP contribution in [-0.2, 0) is 6.54 Å². The molecule has 12 heteroatoms. The van der Waals surface area contributed by atoms with Gasteiger partial charge >= 0.3 is 6.01 Å². The molecule has 0 unspecified atom stereocenters. The van der Waals surface area contributed by atoms with Crippen LogP contribution in [0.3, 0.4) is 0 Å². The molecule has 2 aliphatic heterocycles. The summed E-state index contributed by atoms with van der Waals surface area (Å²) in [5.74, 6) is 1.03. The molecule has 0 saturated carbocycles. The molecule has 0 aliphatic carbocycles. The van der Waals surface area contributed by atoms with E-state index in [4.69, 9.17) is 33.4 Å². The summed E-state index contributed by atoms with van der Waals surface area (Å²) in [6, 6.07) is 9.54. The highest BCUT2D eigenvalue weighted by Crippen LogP contribution is 2.33. The summed E-state index contributed by atoms with van der Waals surface area (Å²) in [6.07, 6.45) is 3.40. The minimum absolute atomic E-state index is 0.200. The first-order valence-electron chi connectivity index (χ1n) is 13.1. The van der Waals surface area contributed by atoms with E-state index in [1.165, 1.54) is 18.4 Å². The molecule has 2 fully saturated rings. The van der Waals surface area contributed by atoms with Crippen molar-refractivity contribution in [2.45, 2.75) is 44.8 Å². The Hall–Kier alpha value is -2.66. The van der Waals surface area contributed by atoms with E-state index in [9.17, 15) is 0 Å². The van der Waals surface area contributed by atoms with Crippen molar-refractivity contribution in [2.75, 3.05) is 62.4 Å². The van der Waals surface area contributed by atoms with Crippen LogP contribution < -0.4 is 15.5 Å². The predicted molar refractivity (Wildman–Crippen MR) is 152 cm³/mol. The Labute approximate surface area is 233 Å². The van der Waals surface area contributed by atoms with Gasteiger partial charge in [-0.15, -0.1) is 5.10 Å². The maximum Gasteiger partial charge on any atom is 0.317 e. The second-order valence-corrected chi connectivity index (χ2v) is 11.0. The number of hydrogen-bond donors (Lipinski definition) is 1. The van der Waals surface area contributed by atoms with E-state index >= 15 is 0 Å². The van der Waals surface area contributed by atoms with Crippen LogP contribution in [0.5, 0.6) is 0 Å². The molecule has 2 aromatic heterocycles. The van der Waals surface area contributed by atoms with Crippen molar-refractivity contribution >= 4 is 40.9 Å². The van der Waals surface area contributed by atoms with Gasteiger partial charge < -0.3 is 20.0 Å². The maximum atomic E-state index is 6.62. The van der Waals surface area contributed by atoms with E-state index in [1.807, 2.05) is 26.2 Å². The molecule has 1 aromatic carbocycles. The Morgan fingerprint density at radius 3 is 2.42 bits per heavy atom. The lowest BCUT2D eigenvalue weighted by Crippen LogP contribution is -2.58. The zero-order chi connectivity index (χ0) is 26.8. The molecule has 0 bridgehead atoms. The van der Waals surface area contributed by atoms with Gasteiger partial charge in [0, 0.05) is 57.4 Å². The van der Waals surface area contributed by atoms with E-state index in [-0.39, 0.29) is 16.9 Å². The highest BCUT2D eigenvalue weighted by molar-refractivity contribution is 6.32. The molecule has 1 atom stereocenters. The zero-order valence-electron chi connectivity index (χ0n) is 22.1. The second kappa shape index (κ2) is 11.6. The highest BCUT2D eigenvalue weighted by Gasteiger charge is 2.34. The smallest absolute Gasteiger partial charge is 0.317 e. The van der Waals surface area contributed by atoms with Gasteiger partial charge in [-0.3, -0.25) is 9.80 Å². The summed E-state index contributed by atoms with van der Waals surface area (Å²) in [7, 11) is 3.63. The van der Waals surface area contributed by atoms with Crippen LogP contribution >= 0.6 is 23.2 Å². The molecule has 2 N–H and O–H groups in total. The molecule has 10 nitrogen and oxygen atoms in total. The number of hydrogen-bond acceptors (Lipinski definition) is 10. The number of nitrogens with zero attached hydrogens (tertiary/aromatic N) is 8. The number of piperazine rings is 1. The van der Waals surface area contributed by atoms with Gasteiger partial charge in [0.05, 0.1) is 0 Å². The summed E-state index contributed by atoms with van der Waals surface area (Å²) in [5.41, 5.74) is 7.89. The molecule has 4 heterocycles. The molecule has 5 rings (SSSR count). The fourth-order valence-electron chi connectivity index (χ4n) is 5.43. The van der Waals surface area contributed by atoms with Gasteiger partial charge in [-0.1, -0.05) is 47.4 Å². The van der Waals surface area contributed by atoms with Crippen molar-refractivity contribution < 1.29 is 4.42 Å². The predicted octanol–water partition coefficient (Wildman–Crippen LogP) is 4.05. The standard InChI is InChI=1S/C26H35Cl2N9O/c1-4-19-16-36(24-22(28)30-21(23(29)31-24)25-32-33-26(38-25)34(2)3)13-14-37(19)20-9-11-35(12-10-20)15-17-5-7-18(27)8-6-17/h5-8,19-20H,4,9-16H2,1-3H3,(H2,29,31)/t19-/m0/s1. The number of likely N-dealkylation sites (tertiary alicyclic amines) is 1. The Kier molecular flexibility index (Phi) is 8.23. The highest BCUT2D eigenvalue weighted by atomic mass is 35.5. The van der Waals surface area contributed by atoms with Crippen LogP contribution in [0.2, 0.25) is 10.2 Å². The third-order valence-electron chi connectivity index (χ3n) is 7.51. The minimum atomic E-state index is 0.200. The fraction of sp³-hybridized carbons (Fsp3) is 0.538. The first-order chi connectivity index (χ1) is 18.3. The van der Waals surface area contributed by atoms with Crippen molar-refractivity contribution in [1.29, 1.82) is 0 Å². The summed E-state index contributed by atoms with van der Waals surface area (Å²) < 4.78 is 5.65. The number of rotatable bonds is 7. The summed E-state index contributed by atoms with van der Waals surface area (Å²) in [4.78, 5) is 18.3. The molecule has 204 valence electrons. The van der Waals surface area contributed by atoms with Gasteiger partial charge in [0.1, 0.15) is 0 Å². The summed E-state index contributed by atoms with van der Waals surface area (Å²) in [6.45, 7) is 8.04. The largest absolute Gasteiger partial charge is 0.401 e. The quantitative estimate of drug-likeness (QED) is 0.455. The Bertz CT molecular complexity index is 1230. The van der Waals surface area contributed by atoms with Gasteiger partial charge in [0.15, 0.2) is 22.5 Å². The average molecular weight is 561 g/mol. The van der Waals surface area contributed by atoms with Crippen molar-refractivity contribution in [2.24, 2.45) is 0 Å². The molecular formula is C26H35Cl2N9O. The summed E-state index contributed by atoms with van der Waals surface area (Å²) in [5, 5.41) is 9.11. The van der Waals surface area contributed by atoms with Crippen LogP contribution in [0.15, 0.2) is 28.7 Å². The van der Waals surface area contributed by atoms with Gasteiger partial charge in [-0.05, 0) is 50.0 Å². The third kappa shape index (κ3) is 5.83. The van der Waals surface area contributed by atoms with Crippen LogP contribution in [0, 0.1) is 0 Å². The van der Waals surface area contributed by atoms with E-state index in [0.29, 0.717) is 29.6 Å². The topological polar surface area (TPSA) is 104 Å². The van der Waals surface area contributed by atoms with Crippen LogP contribution in [0.4, 0.5) is 17.7 Å². The molecule has 38 heavy (non-hydrogen) atoms. The number of piperidine rings is 1. The molecular weight excluding hydrogens is 525 g/mol. The molecule has 0 radical (unpaired) electrons. The summed E-state index contributed by atoms with van der Waals surface area (Å²) >= 11 is 12.7. The Morgan fingerprint density at radius 2 is 1.76 bits per heavy atom. The minimum Gasteiger partial charge on any atom is -0.401 e. The number of anilines is 3. The van der Waals surface area contributed by atoms with E-state index in [1.54, 1.807) is 4.90 Å². The van der Waals surface area contributed by atoms with Crippen molar-refractivity contribution in [3.05, 3.63) is 40.0 Å². The van der Waals surface area contributed by atoms with Crippen LogP contribution in [0.25, 0.3) is 11.6 Å². The molecule has 2 saturated heterocycles. The molecule has 3 aromatic rings. The lowest BCUT2D eigenvalue weighted by molar-refractivity contribution is 0.0610. The third-order valence-corrected chi connectivity index (χ3v) is 8.01. The zero-order valence-corrected chi connectivity index (χ0v) is 23.7. The lowest BCUT2D eigenvalue weighted by Gasteiger charge is -2.47. The van der Waals surface area contributed by atoms with Gasteiger partial charge in [-0.2, -0.15) is 0 Å². The molecule has 0 amide bonds. The number of halogens is 2. The van der Waals surface area contributed by atoms with E-state index in [2.05, 4.69) is 53.9 Å². The van der Waals surface area contributed by atoms with Gasteiger partial charge in [0.25, 0.3) is 5.89 Å². The maximum absolute atomic E-state index is 6.62. The number of benzene rings is 1. The van der Waals surface area contributed by atoms with E-state index in [0.717, 1.165) is 50.7 Å². The van der Waals surface area contributed by atoms with Gasteiger partial charge in [0.2, 0.25) is 0 Å². The molecule has 0 spiro atoms. The number of aromatic nitrogens is 4. The normalized spacial score (nSPS) is 19.7. The number of nitrogen functional groups attached to an aromatic ring is 1. The fourth-order valence-corrected chi connectivity index (χ4v) is 5.80. The molecule has 2 aliphatic rings. The van der Waals surface area contributed by atoms with Crippen molar-refractivity contribution in [1.82, 2.24) is 30.0 Å². The monoisotopic (exact) mass is 559 g/mol. The lowest BCUT2D eigenvalue weighted by atomic mass is 9.98. The van der Waals surface area contributed by atoms with Gasteiger partial charge in [-0.25, -0.2) is 9.97 Å². The Morgan fingerprint density at radius 1 is 1.03 bits per heavy atom.